The Labute approximate surface area is 97.8 Å². The van der Waals surface area contributed by atoms with E-state index in [9.17, 15) is 0 Å². The van der Waals surface area contributed by atoms with Gasteiger partial charge in [-0.25, -0.2) is 0 Å². The summed E-state index contributed by atoms with van der Waals surface area (Å²) in [7, 11) is 0. The van der Waals surface area contributed by atoms with E-state index in [2.05, 4.69) is 20.8 Å². The van der Waals surface area contributed by atoms with Crippen LogP contribution < -0.4 is 0 Å². The molecule has 0 amide bonds. The number of hydrogen-bond acceptors (Lipinski definition) is 1. The van der Waals surface area contributed by atoms with Crippen LogP contribution in [0.5, 0.6) is 0 Å². The third kappa shape index (κ3) is 1.80. The highest BCUT2D eigenvalue weighted by Gasteiger charge is 2.50. The van der Waals surface area contributed by atoms with Crippen molar-refractivity contribution in [1.82, 2.24) is 0 Å². The van der Waals surface area contributed by atoms with Crippen LogP contribution in [-0.2, 0) is 4.74 Å². The summed E-state index contributed by atoms with van der Waals surface area (Å²) in [6.45, 7) is 8.95. The van der Waals surface area contributed by atoms with Crippen LogP contribution in [0, 0.1) is 11.3 Å². The van der Waals surface area contributed by atoms with E-state index in [4.69, 9.17) is 16.3 Å². The number of fused-ring (bicyclic) bond motifs is 1. The highest BCUT2D eigenvalue weighted by Crippen LogP contribution is 2.54. The summed E-state index contributed by atoms with van der Waals surface area (Å²) in [6.07, 6.45) is 4.73. The molecule has 1 nitrogen and oxygen atoms in total. The first-order valence-electron chi connectivity index (χ1n) is 5.89. The molecule has 1 fully saturated rings. The van der Waals surface area contributed by atoms with Crippen LogP contribution in [0.4, 0.5) is 0 Å². The van der Waals surface area contributed by atoms with Crippen molar-refractivity contribution in [2.75, 3.05) is 0 Å². The van der Waals surface area contributed by atoms with Crippen LogP contribution in [0.1, 0.15) is 53.4 Å². The van der Waals surface area contributed by atoms with Crippen molar-refractivity contribution in [2.45, 2.75) is 59.0 Å². The first kappa shape index (κ1) is 11.3. The minimum Gasteiger partial charge on any atom is -0.491 e. The molecule has 2 rings (SSSR count). The quantitative estimate of drug-likeness (QED) is 0.595. The molecule has 2 aliphatic rings. The molecule has 0 aromatic heterocycles. The van der Waals surface area contributed by atoms with E-state index in [0.717, 1.165) is 17.2 Å². The molecule has 1 aliphatic heterocycles. The number of rotatable bonds is 0. The van der Waals surface area contributed by atoms with Gasteiger partial charge in [0.05, 0.1) is 5.03 Å². The predicted molar refractivity (Wildman–Crippen MR) is 63.8 cm³/mol. The van der Waals surface area contributed by atoms with Crippen LogP contribution in [-0.4, -0.2) is 5.60 Å². The van der Waals surface area contributed by atoms with Gasteiger partial charge in [-0.1, -0.05) is 25.4 Å². The van der Waals surface area contributed by atoms with Crippen molar-refractivity contribution in [3.63, 3.8) is 0 Å². The van der Waals surface area contributed by atoms with E-state index < -0.39 is 0 Å². The lowest BCUT2D eigenvalue weighted by atomic mass is 9.60. The van der Waals surface area contributed by atoms with Crippen LogP contribution in [0.15, 0.2) is 10.8 Å². The van der Waals surface area contributed by atoms with E-state index in [1.54, 1.807) is 0 Å². The number of halogens is 1. The summed E-state index contributed by atoms with van der Waals surface area (Å²) < 4.78 is 6.07. The number of ether oxygens (including phenoxy) is 1. The molecule has 2 heteroatoms. The van der Waals surface area contributed by atoms with E-state index in [1.807, 2.05) is 6.92 Å². The Morgan fingerprint density at radius 2 is 1.93 bits per heavy atom. The fraction of sp³-hybridized carbons (Fsp3) is 0.846. The zero-order valence-electron chi connectivity index (χ0n) is 10.2. The highest BCUT2D eigenvalue weighted by molar-refractivity contribution is 6.29. The molecule has 0 spiro atoms. The molecule has 0 aromatic carbocycles. The first-order chi connectivity index (χ1) is 6.85. The lowest BCUT2D eigenvalue weighted by Crippen LogP contribution is -2.50. The zero-order valence-corrected chi connectivity index (χ0v) is 10.9. The molecule has 2 atom stereocenters. The molecule has 86 valence electrons. The van der Waals surface area contributed by atoms with Crippen LogP contribution in [0.2, 0.25) is 0 Å². The summed E-state index contributed by atoms with van der Waals surface area (Å²) >= 11 is 6.23. The lowest BCUT2D eigenvalue weighted by molar-refractivity contribution is -0.118. The minimum absolute atomic E-state index is 0.0181. The second kappa shape index (κ2) is 3.41. The minimum atomic E-state index is 0.0181. The maximum atomic E-state index is 6.23. The Hall–Kier alpha value is -0.170. The lowest BCUT2D eigenvalue weighted by Gasteiger charge is -2.52. The Morgan fingerprint density at radius 3 is 2.60 bits per heavy atom. The summed E-state index contributed by atoms with van der Waals surface area (Å²) in [5.41, 5.74) is 0.373. The largest absolute Gasteiger partial charge is 0.491 e. The fourth-order valence-electron chi connectivity index (χ4n) is 3.41. The molecule has 0 aromatic rings. The fourth-order valence-corrected chi connectivity index (χ4v) is 3.61. The van der Waals surface area contributed by atoms with Gasteiger partial charge in [0.2, 0.25) is 0 Å². The van der Waals surface area contributed by atoms with E-state index >= 15 is 0 Å². The normalized spacial score (nSPS) is 39.7. The van der Waals surface area contributed by atoms with Gasteiger partial charge in [-0.2, -0.15) is 0 Å². The van der Waals surface area contributed by atoms with E-state index in [-0.39, 0.29) is 5.60 Å². The average molecular weight is 229 g/mol. The second-order valence-corrected chi connectivity index (χ2v) is 6.43. The smallest absolute Gasteiger partial charge is 0.109 e. The molecule has 2 unspecified atom stereocenters. The second-order valence-electron chi connectivity index (χ2n) is 5.97. The summed E-state index contributed by atoms with van der Waals surface area (Å²) in [4.78, 5) is 0. The average Bonchev–Trinajstić information content (AvgIpc) is 2.09. The number of hydrogen-bond donors (Lipinski definition) is 0. The molecule has 0 saturated heterocycles. The maximum absolute atomic E-state index is 6.23. The molecule has 1 heterocycles. The van der Waals surface area contributed by atoms with Gasteiger partial charge in [-0.05, 0) is 44.9 Å². The van der Waals surface area contributed by atoms with Crippen LogP contribution in [0.25, 0.3) is 0 Å². The Kier molecular flexibility index (Phi) is 2.57. The third-order valence-corrected chi connectivity index (χ3v) is 4.75. The van der Waals surface area contributed by atoms with Gasteiger partial charge >= 0.3 is 0 Å². The van der Waals surface area contributed by atoms with Crippen LogP contribution in [0.3, 0.4) is 0 Å². The zero-order chi connectivity index (χ0) is 11.3. The van der Waals surface area contributed by atoms with Crippen molar-refractivity contribution in [3.05, 3.63) is 10.8 Å². The van der Waals surface area contributed by atoms with Gasteiger partial charge in [-0.3, -0.25) is 0 Å². The van der Waals surface area contributed by atoms with Crippen LogP contribution >= 0.6 is 11.6 Å². The maximum Gasteiger partial charge on any atom is 0.109 e. The van der Waals surface area contributed by atoms with Gasteiger partial charge in [0.1, 0.15) is 11.4 Å². The summed E-state index contributed by atoms with van der Waals surface area (Å²) in [5, 5.41) is 0.924. The predicted octanol–water partition coefficient (Wildman–Crippen LogP) is 4.46. The Bertz CT molecular complexity index is 306. The molecule has 1 saturated carbocycles. The van der Waals surface area contributed by atoms with Crippen molar-refractivity contribution < 1.29 is 4.74 Å². The molecule has 1 aliphatic carbocycles. The molecular formula is C13H21ClO. The van der Waals surface area contributed by atoms with Crippen molar-refractivity contribution in [3.8, 4) is 0 Å². The first-order valence-corrected chi connectivity index (χ1v) is 6.27. The van der Waals surface area contributed by atoms with Crippen molar-refractivity contribution in [1.29, 1.82) is 0 Å². The monoisotopic (exact) mass is 228 g/mol. The topological polar surface area (TPSA) is 9.23 Å². The Balaban J connectivity index is 2.35. The third-order valence-electron chi connectivity index (χ3n) is 4.33. The molecule has 0 N–H and O–H groups in total. The summed E-state index contributed by atoms with van der Waals surface area (Å²) in [5.74, 6) is 1.50. The molecular weight excluding hydrogens is 208 g/mol. The standard InChI is InChI=1S/C13H21ClO/c1-9-10(14)8-11-12(2,3)6-5-7-13(11,4)15-9/h11H,5-8H2,1-4H3. The number of allylic oxidation sites excluding steroid dienone is 2. The van der Waals surface area contributed by atoms with Gasteiger partial charge in [0, 0.05) is 5.92 Å². The Morgan fingerprint density at radius 1 is 1.27 bits per heavy atom. The van der Waals surface area contributed by atoms with Crippen molar-refractivity contribution in [2.24, 2.45) is 11.3 Å². The van der Waals surface area contributed by atoms with Gasteiger partial charge in [0.15, 0.2) is 0 Å². The van der Waals surface area contributed by atoms with Gasteiger partial charge in [0.25, 0.3) is 0 Å². The highest BCUT2D eigenvalue weighted by atomic mass is 35.5. The van der Waals surface area contributed by atoms with Gasteiger partial charge in [-0.15, -0.1) is 0 Å². The SMILES string of the molecule is CC1=C(Cl)CC2C(C)(C)CCCC2(C)O1. The van der Waals surface area contributed by atoms with E-state index in [1.165, 1.54) is 19.3 Å². The molecule has 15 heavy (non-hydrogen) atoms. The summed E-state index contributed by atoms with van der Waals surface area (Å²) in [6, 6.07) is 0. The van der Waals surface area contributed by atoms with Crippen molar-refractivity contribution >= 4 is 11.6 Å². The van der Waals surface area contributed by atoms with Gasteiger partial charge < -0.3 is 4.74 Å². The molecule has 0 bridgehead atoms. The van der Waals surface area contributed by atoms with E-state index in [0.29, 0.717) is 11.3 Å². The molecule has 0 radical (unpaired) electrons.